The maximum atomic E-state index is 2.38. The average Bonchev–Trinajstić information content (AvgIpc) is 3.16. The zero-order valence-electron chi connectivity index (χ0n) is 26.3. The molecular formula is C48H30. The lowest BCUT2D eigenvalue weighted by Gasteiger charge is -2.18. The third-order valence-electron chi connectivity index (χ3n) is 10.2. The summed E-state index contributed by atoms with van der Waals surface area (Å²) in [5.74, 6) is 0. The van der Waals surface area contributed by atoms with Gasteiger partial charge in [0.1, 0.15) is 0 Å². The Kier molecular flexibility index (Phi) is 5.98. The summed E-state index contributed by atoms with van der Waals surface area (Å²) in [6, 6.07) is 67.0. The molecule has 0 radical (unpaired) electrons. The van der Waals surface area contributed by atoms with Gasteiger partial charge in [0.15, 0.2) is 0 Å². The molecule has 0 aliphatic heterocycles. The molecule has 0 heteroatoms. The fraction of sp³-hybridized carbons (Fsp3) is 0. The van der Waals surface area contributed by atoms with E-state index >= 15 is 0 Å². The van der Waals surface area contributed by atoms with Gasteiger partial charge in [-0.1, -0.05) is 164 Å². The molecular weight excluding hydrogens is 577 g/mol. The number of fused-ring (bicyclic) bond motifs is 8. The smallest absolute Gasteiger partial charge is 0.00262 e. The molecule has 0 aliphatic rings. The molecule has 222 valence electrons. The standard InChI is InChI=1S/C48H30/c1-2-13-32(14-3-1)46-41-18-8-10-20-43(41)48(44-21-11-9-19-42(44)46)36-27-24-33-28-35(25-23-34(33)29-36)45-30-37-26-22-31-12-4-5-15-38(31)47(37)40-17-7-6-16-39(40)45/h1-30H. The van der Waals surface area contributed by atoms with Crippen LogP contribution in [0.4, 0.5) is 0 Å². The molecule has 0 fully saturated rings. The topological polar surface area (TPSA) is 0 Å². The van der Waals surface area contributed by atoms with Gasteiger partial charge in [0.05, 0.1) is 0 Å². The van der Waals surface area contributed by atoms with Crippen molar-refractivity contribution < 1.29 is 0 Å². The maximum absolute atomic E-state index is 2.38. The fourth-order valence-corrected chi connectivity index (χ4v) is 8.04. The molecule has 0 bridgehead atoms. The molecule has 0 unspecified atom stereocenters. The van der Waals surface area contributed by atoms with E-state index in [1.54, 1.807) is 0 Å². The minimum absolute atomic E-state index is 1.24. The second-order valence-electron chi connectivity index (χ2n) is 12.8. The minimum Gasteiger partial charge on any atom is -0.0622 e. The molecule has 0 saturated heterocycles. The second kappa shape index (κ2) is 10.7. The molecule has 0 aliphatic carbocycles. The van der Waals surface area contributed by atoms with Gasteiger partial charge < -0.3 is 0 Å². The fourth-order valence-electron chi connectivity index (χ4n) is 8.04. The van der Waals surface area contributed by atoms with Gasteiger partial charge in [-0.3, -0.25) is 0 Å². The van der Waals surface area contributed by atoms with Gasteiger partial charge >= 0.3 is 0 Å². The highest BCUT2D eigenvalue weighted by molar-refractivity contribution is 6.24. The maximum Gasteiger partial charge on any atom is -0.00262 e. The van der Waals surface area contributed by atoms with Gasteiger partial charge in [-0.15, -0.1) is 0 Å². The van der Waals surface area contributed by atoms with Crippen molar-refractivity contribution in [2.45, 2.75) is 0 Å². The number of rotatable bonds is 3. The molecule has 0 saturated carbocycles. The Bertz CT molecular complexity index is 2820. The summed E-state index contributed by atoms with van der Waals surface area (Å²) < 4.78 is 0. The van der Waals surface area contributed by atoms with Crippen molar-refractivity contribution in [1.82, 2.24) is 0 Å². The first-order chi connectivity index (χ1) is 23.8. The Balaban J connectivity index is 1.17. The quantitative estimate of drug-likeness (QED) is 0.139. The highest BCUT2D eigenvalue weighted by Gasteiger charge is 2.17. The van der Waals surface area contributed by atoms with E-state index in [4.69, 9.17) is 0 Å². The number of benzene rings is 10. The van der Waals surface area contributed by atoms with Crippen molar-refractivity contribution in [2.24, 2.45) is 0 Å². The summed E-state index contributed by atoms with van der Waals surface area (Å²) in [6.45, 7) is 0. The SMILES string of the molecule is c1ccc(-c2c3ccccc3c(-c3ccc4cc(-c5cc6ccc7ccccc7c6c6ccccc56)ccc4c3)c3ccccc23)cc1. The van der Waals surface area contributed by atoms with E-state index in [-0.39, 0.29) is 0 Å². The molecule has 10 rings (SSSR count). The monoisotopic (exact) mass is 606 g/mol. The summed E-state index contributed by atoms with van der Waals surface area (Å²) in [6.07, 6.45) is 0. The predicted molar refractivity (Wildman–Crippen MR) is 208 cm³/mol. The van der Waals surface area contributed by atoms with Crippen LogP contribution in [0.15, 0.2) is 182 Å². The predicted octanol–water partition coefficient (Wildman–Crippen LogP) is 13.6. The van der Waals surface area contributed by atoms with Gasteiger partial charge in [-0.25, -0.2) is 0 Å². The van der Waals surface area contributed by atoms with Crippen molar-refractivity contribution in [3.05, 3.63) is 182 Å². The van der Waals surface area contributed by atoms with Crippen LogP contribution in [0, 0.1) is 0 Å². The first-order valence-electron chi connectivity index (χ1n) is 16.7. The lowest BCUT2D eigenvalue weighted by molar-refractivity contribution is 1.66. The van der Waals surface area contributed by atoms with E-state index in [1.807, 2.05) is 0 Å². The molecule has 0 N–H and O–H groups in total. The third-order valence-corrected chi connectivity index (χ3v) is 10.2. The first-order valence-corrected chi connectivity index (χ1v) is 16.7. The van der Waals surface area contributed by atoms with Crippen molar-refractivity contribution in [1.29, 1.82) is 0 Å². The lowest BCUT2D eigenvalue weighted by atomic mass is 9.85. The summed E-state index contributed by atoms with van der Waals surface area (Å²) in [5, 5.41) is 15.4. The summed E-state index contributed by atoms with van der Waals surface area (Å²) in [7, 11) is 0. The van der Waals surface area contributed by atoms with Crippen molar-refractivity contribution in [2.75, 3.05) is 0 Å². The Morgan fingerprint density at radius 2 is 0.688 bits per heavy atom. The van der Waals surface area contributed by atoms with Crippen LogP contribution in [0.5, 0.6) is 0 Å². The Hall–Kier alpha value is -6.24. The molecule has 0 amide bonds. The van der Waals surface area contributed by atoms with E-state index in [1.165, 1.54) is 98.0 Å². The van der Waals surface area contributed by atoms with E-state index in [2.05, 4.69) is 182 Å². The average molecular weight is 607 g/mol. The molecule has 0 heterocycles. The molecule has 0 aromatic heterocycles. The van der Waals surface area contributed by atoms with Crippen molar-refractivity contribution in [3.8, 4) is 33.4 Å². The van der Waals surface area contributed by atoms with E-state index < -0.39 is 0 Å². The number of hydrogen-bond donors (Lipinski definition) is 0. The molecule has 10 aromatic rings. The zero-order valence-corrected chi connectivity index (χ0v) is 26.3. The summed E-state index contributed by atoms with van der Waals surface area (Å²) in [4.78, 5) is 0. The summed E-state index contributed by atoms with van der Waals surface area (Å²) in [5.41, 5.74) is 7.59. The first kappa shape index (κ1) is 26.9. The normalized spacial score (nSPS) is 11.8. The van der Waals surface area contributed by atoms with Crippen LogP contribution in [0.1, 0.15) is 0 Å². The lowest BCUT2D eigenvalue weighted by Crippen LogP contribution is -1.91. The van der Waals surface area contributed by atoms with Crippen LogP contribution in [-0.2, 0) is 0 Å². The largest absolute Gasteiger partial charge is 0.0622 e. The highest BCUT2D eigenvalue weighted by atomic mass is 14.2. The van der Waals surface area contributed by atoms with Crippen LogP contribution in [0.2, 0.25) is 0 Å². The van der Waals surface area contributed by atoms with Gasteiger partial charge in [0.25, 0.3) is 0 Å². The minimum atomic E-state index is 1.24. The van der Waals surface area contributed by atoms with Crippen LogP contribution in [0.25, 0.3) is 98.0 Å². The third kappa shape index (κ3) is 4.10. The second-order valence-corrected chi connectivity index (χ2v) is 12.8. The Morgan fingerprint density at radius 3 is 1.35 bits per heavy atom. The van der Waals surface area contributed by atoms with Gasteiger partial charge in [0, 0.05) is 0 Å². The Labute approximate surface area is 279 Å². The summed E-state index contributed by atoms with van der Waals surface area (Å²) >= 11 is 0. The van der Waals surface area contributed by atoms with Crippen molar-refractivity contribution in [3.63, 3.8) is 0 Å². The Morgan fingerprint density at radius 1 is 0.229 bits per heavy atom. The van der Waals surface area contributed by atoms with Gasteiger partial charge in [0.2, 0.25) is 0 Å². The molecule has 0 atom stereocenters. The zero-order chi connectivity index (χ0) is 31.6. The van der Waals surface area contributed by atoms with Crippen molar-refractivity contribution >= 4 is 64.6 Å². The molecule has 0 nitrogen and oxygen atoms in total. The molecule has 48 heavy (non-hydrogen) atoms. The number of hydrogen-bond acceptors (Lipinski definition) is 0. The van der Waals surface area contributed by atoms with Crippen LogP contribution >= 0.6 is 0 Å². The molecule has 0 spiro atoms. The van der Waals surface area contributed by atoms with Gasteiger partial charge in [-0.2, -0.15) is 0 Å². The van der Waals surface area contributed by atoms with Crippen LogP contribution < -0.4 is 0 Å². The van der Waals surface area contributed by atoms with E-state index in [9.17, 15) is 0 Å². The van der Waals surface area contributed by atoms with Crippen LogP contribution in [-0.4, -0.2) is 0 Å². The van der Waals surface area contributed by atoms with E-state index in [0.717, 1.165) is 0 Å². The van der Waals surface area contributed by atoms with Gasteiger partial charge in [-0.05, 0) is 116 Å². The molecule has 10 aromatic carbocycles. The van der Waals surface area contributed by atoms with E-state index in [0.29, 0.717) is 0 Å². The highest BCUT2D eigenvalue weighted by Crippen LogP contribution is 2.44. The van der Waals surface area contributed by atoms with Crippen LogP contribution in [0.3, 0.4) is 0 Å².